The molecular formula is C68H96N10O12. The second-order valence-electron chi connectivity index (χ2n) is 28.9. The molecule has 2 saturated heterocycles. The molecule has 0 bridgehead atoms. The van der Waals surface area contributed by atoms with Crippen LogP contribution in [0, 0.1) is 10.8 Å². The molecule has 2 aliphatic heterocycles. The van der Waals surface area contributed by atoms with Gasteiger partial charge in [-0.25, -0.2) is 9.59 Å². The highest BCUT2D eigenvalue weighted by Gasteiger charge is 2.49. The Hall–Kier alpha value is -8.04. The van der Waals surface area contributed by atoms with Crippen LogP contribution in [-0.4, -0.2) is 166 Å². The largest absolute Gasteiger partial charge is 0.444 e. The summed E-state index contributed by atoms with van der Waals surface area (Å²) in [5, 5.41) is 18.2. The zero-order chi connectivity index (χ0) is 66.5. The molecule has 10 atom stereocenters. The lowest BCUT2D eigenvalue weighted by molar-refractivity contribution is -0.144. The molecule has 22 nitrogen and oxygen atoms in total. The van der Waals surface area contributed by atoms with Crippen molar-refractivity contribution < 1.29 is 57.4 Å². The Morgan fingerprint density at radius 3 is 1.20 bits per heavy atom. The number of hydrogen-bond donors (Lipinski definition) is 6. The molecule has 2 heterocycles. The molecule has 3 aromatic carbocycles. The topological polar surface area (TPSA) is 274 Å². The summed E-state index contributed by atoms with van der Waals surface area (Å²) < 4.78 is 11.0. The lowest BCUT2D eigenvalue weighted by atomic mass is 9.85. The van der Waals surface area contributed by atoms with E-state index in [-0.39, 0.29) is 49.1 Å². The van der Waals surface area contributed by atoms with Crippen LogP contribution in [0.5, 0.6) is 0 Å². The Morgan fingerprint density at radius 1 is 0.500 bits per heavy atom. The molecule has 0 aromatic heterocycles. The predicted octanol–water partition coefficient (Wildman–Crippen LogP) is 7.05. The van der Waals surface area contributed by atoms with Crippen molar-refractivity contribution in [3.05, 3.63) is 106 Å². The number of likely N-dealkylation sites (N-methyl/N-ethyl adjacent to an activating group) is 2. The Morgan fingerprint density at radius 2 is 0.856 bits per heavy atom. The summed E-state index contributed by atoms with van der Waals surface area (Å²) in [7, 11) is 2.86. The third-order valence-electron chi connectivity index (χ3n) is 17.3. The van der Waals surface area contributed by atoms with E-state index < -0.39 is 130 Å². The molecule has 0 radical (unpaired) electrons. The van der Waals surface area contributed by atoms with Gasteiger partial charge < -0.3 is 51.2 Å². The average molecular weight is 1250 g/mol. The number of nitrogens with one attached hydrogen (secondary N) is 6. The first-order valence-electron chi connectivity index (χ1n) is 31.5. The van der Waals surface area contributed by atoms with E-state index in [9.17, 15) is 38.4 Å². The zero-order valence-corrected chi connectivity index (χ0v) is 55.5. The second-order valence-corrected chi connectivity index (χ2v) is 28.9. The van der Waals surface area contributed by atoms with Crippen LogP contribution in [-0.2, 0) is 51.1 Å². The molecule has 10 amide bonds. The summed E-state index contributed by atoms with van der Waals surface area (Å²) in [6.07, 6.45) is 3.31. The van der Waals surface area contributed by atoms with Crippen molar-refractivity contribution in [2.45, 2.75) is 220 Å². The molecule has 3 aromatic rings. The van der Waals surface area contributed by atoms with Crippen molar-refractivity contribution in [3.63, 3.8) is 0 Å². The van der Waals surface area contributed by atoms with Gasteiger partial charge in [0.05, 0.1) is 12.1 Å². The highest BCUT2D eigenvalue weighted by Crippen LogP contribution is 2.34. The fourth-order valence-electron chi connectivity index (χ4n) is 12.0. The molecule has 2 aliphatic carbocycles. The number of ether oxygens (including phenoxy) is 2. The van der Waals surface area contributed by atoms with Gasteiger partial charge in [0.25, 0.3) is 11.8 Å². The third-order valence-corrected chi connectivity index (χ3v) is 17.3. The first-order chi connectivity index (χ1) is 41.9. The average Bonchev–Trinajstić information content (AvgIpc) is 1.89. The Balaban J connectivity index is 1.10. The maximum Gasteiger partial charge on any atom is 0.410 e. The monoisotopic (exact) mass is 1240 g/mol. The van der Waals surface area contributed by atoms with Gasteiger partial charge in [-0.15, -0.1) is 0 Å². The van der Waals surface area contributed by atoms with E-state index in [1.165, 1.54) is 55.9 Å². The summed E-state index contributed by atoms with van der Waals surface area (Å²) in [4.78, 5) is 147. The van der Waals surface area contributed by atoms with Crippen LogP contribution in [0.4, 0.5) is 9.59 Å². The molecule has 7 rings (SSSR count). The van der Waals surface area contributed by atoms with Crippen LogP contribution in [0.25, 0.3) is 0 Å². The van der Waals surface area contributed by atoms with Gasteiger partial charge in [0.15, 0.2) is 0 Å². The number of likely N-dealkylation sites (tertiary alicyclic amines) is 2. The SMILES string of the molecule is C[C@@H](C(=O)N[C@H](C(=O)N1C[C@@H](NC(=O)c2cccc(C(=O)N[C@H]3C[C@@H](C(=O)N[C@@H]4CCCc5ccccc54)N(C(=O)[C@@H](NC(=O)[C@H](C)N(C)C(=O)OC(C)(C)C)C(C)(C)C)C3)c2)C[C@H]1C(=O)N[C@@H]1CCCc2ccccc21)C(C)(C)C)N(C)C(=O)OC(C)(C)C. The molecule has 4 aliphatic rings. The van der Waals surface area contributed by atoms with Gasteiger partial charge in [-0.05, 0) is 158 Å². The lowest BCUT2D eigenvalue weighted by Gasteiger charge is -2.37. The number of hydrogen-bond acceptors (Lipinski definition) is 12. The quantitative estimate of drug-likeness (QED) is 0.0843. The van der Waals surface area contributed by atoms with E-state index in [1.807, 2.05) is 48.5 Å². The maximum atomic E-state index is 15.1. The highest BCUT2D eigenvalue weighted by molar-refractivity contribution is 6.01. The van der Waals surface area contributed by atoms with Crippen molar-refractivity contribution in [1.29, 1.82) is 0 Å². The molecule has 22 heteroatoms. The minimum atomic E-state index is -1.19. The van der Waals surface area contributed by atoms with Crippen LogP contribution in [0.2, 0.25) is 0 Å². The van der Waals surface area contributed by atoms with Crippen LogP contribution < -0.4 is 31.9 Å². The Labute approximate surface area is 530 Å². The smallest absolute Gasteiger partial charge is 0.410 e. The van der Waals surface area contributed by atoms with Crippen LogP contribution in [0.3, 0.4) is 0 Å². The van der Waals surface area contributed by atoms with Crippen molar-refractivity contribution in [2.24, 2.45) is 10.8 Å². The summed E-state index contributed by atoms with van der Waals surface area (Å²) in [6, 6.07) is 13.0. The number of carbonyl (C=O) groups is 10. The van der Waals surface area contributed by atoms with Crippen molar-refractivity contribution in [3.8, 4) is 0 Å². The predicted molar refractivity (Wildman–Crippen MR) is 339 cm³/mol. The van der Waals surface area contributed by atoms with Crippen LogP contribution >= 0.6 is 0 Å². The molecule has 490 valence electrons. The van der Waals surface area contributed by atoms with Gasteiger partial charge in [0.1, 0.15) is 47.5 Å². The fraction of sp³-hybridized carbons (Fsp3) is 0.588. The van der Waals surface area contributed by atoms with Gasteiger partial charge in [0.2, 0.25) is 35.4 Å². The van der Waals surface area contributed by atoms with E-state index in [2.05, 4.69) is 31.9 Å². The Kier molecular flexibility index (Phi) is 21.6. The van der Waals surface area contributed by atoms with Crippen LogP contribution in [0.15, 0.2) is 72.8 Å². The normalized spacial score (nSPS) is 21.3. The first-order valence-corrected chi connectivity index (χ1v) is 31.5. The minimum absolute atomic E-state index is 0.0151. The highest BCUT2D eigenvalue weighted by atomic mass is 16.6. The molecule has 2 fully saturated rings. The van der Waals surface area contributed by atoms with Gasteiger partial charge >= 0.3 is 12.2 Å². The second kappa shape index (κ2) is 28.0. The number of carbonyl (C=O) groups excluding carboxylic acids is 10. The number of amides is 10. The molecule has 90 heavy (non-hydrogen) atoms. The summed E-state index contributed by atoms with van der Waals surface area (Å²) in [5.74, 6) is -4.42. The Bertz CT molecular complexity index is 2990. The number of rotatable bonds is 16. The standard InChI is InChI=1S/C68H96N10O12/c1-39(75(15)63(87)89-67(9,10)11)55(79)73-53(65(3,4)5)61(85)77-37-45(35-51(77)59(83)71-49-32-22-26-41-24-17-19-30-47(41)49)69-57(81)43-28-21-29-44(34-43)58(82)70-46-36-52(60(84)72-50-33-23-27-42-25-18-20-31-48(42)50)78(38-46)62(86)54(66(6,7)8)74-56(80)40(2)76(16)64(88)90-68(12,13)14/h17-21,24-25,28-31,34,39-40,45-46,49-54H,22-23,26-27,32-33,35-38H2,1-16H3,(H,69,81)(H,70,82)(H,71,83)(H,72,84)(H,73,79)(H,74,80)/t39-,40-,45-,46-,49+,50+,51-,52-,53+,54+/m0/s1. The summed E-state index contributed by atoms with van der Waals surface area (Å²) in [5.41, 5.74) is 0.943. The van der Waals surface area contributed by atoms with Gasteiger partial charge in [-0.3, -0.25) is 48.2 Å². The van der Waals surface area contributed by atoms with Crippen molar-refractivity contribution in [2.75, 3.05) is 27.2 Å². The molecule has 0 spiro atoms. The zero-order valence-electron chi connectivity index (χ0n) is 55.5. The molecular weight excluding hydrogens is 1150 g/mol. The molecule has 0 saturated carbocycles. The van der Waals surface area contributed by atoms with Crippen molar-refractivity contribution >= 4 is 59.4 Å². The van der Waals surface area contributed by atoms with Crippen molar-refractivity contribution in [1.82, 2.24) is 51.5 Å². The van der Waals surface area contributed by atoms with E-state index in [1.54, 1.807) is 89.2 Å². The van der Waals surface area contributed by atoms with Crippen LogP contribution in [0.1, 0.15) is 191 Å². The number of nitrogens with zero attached hydrogens (tertiary/aromatic N) is 4. The van der Waals surface area contributed by atoms with Gasteiger partial charge in [-0.2, -0.15) is 0 Å². The summed E-state index contributed by atoms with van der Waals surface area (Å²) in [6.45, 7) is 23.8. The van der Waals surface area contributed by atoms with Gasteiger partial charge in [-0.1, -0.05) is 96.1 Å². The van der Waals surface area contributed by atoms with E-state index in [0.29, 0.717) is 12.8 Å². The number of benzene rings is 3. The molecule has 0 unspecified atom stereocenters. The van der Waals surface area contributed by atoms with E-state index >= 15 is 9.59 Å². The minimum Gasteiger partial charge on any atom is -0.444 e. The van der Waals surface area contributed by atoms with Gasteiger partial charge in [0, 0.05) is 50.4 Å². The maximum absolute atomic E-state index is 15.1. The lowest BCUT2D eigenvalue weighted by Crippen LogP contribution is -2.60. The number of aryl methyl sites for hydroxylation is 2. The number of fused-ring (bicyclic) bond motifs is 2. The van der Waals surface area contributed by atoms with E-state index in [0.717, 1.165) is 57.7 Å². The summed E-state index contributed by atoms with van der Waals surface area (Å²) >= 11 is 0. The van der Waals surface area contributed by atoms with E-state index in [4.69, 9.17) is 9.47 Å². The fourth-order valence-corrected chi connectivity index (χ4v) is 12.0. The first kappa shape index (κ1) is 69.4. The molecule has 6 N–H and O–H groups in total. The third kappa shape index (κ3) is 17.3.